The third-order valence-corrected chi connectivity index (χ3v) is 6.94. The van der Waals surface area contributed by atoms with E-state index in [2.05, 4.69) is 5.32 Å². The summed E-state index contributed by atoms with van der Waals surface area (Å²) in [6, 6.07) is 7.29. The van der Waals surface area contributed by atoms with Gasteiger partial charge in [-0.15, -0.1) is 0 Å². The van der Waals surface area contributed by atoms with E-state index in [-0.39, 0.29) is 35.8 Å². The number of hydrogen-bond donors (Lipinski definition) is 2. The van der Waals surface area contributed by atoms with E-state index in [4.69, 9.17) is 11.6 Å². The number of benzene rings is 1. The van der Waals surface area contributed by atoms with Gasteiger partial charge in [-0.2, -0.15) is 0 Å². The van der Waals surface area contributed by atoms with Crippen molar-refractivity contribution in [2.75, 3.05) is 0 Å². The lowest BCUT2D eigenvalue weighted by molar-refractivity contribution is -0.0181. The number of aromatic hydroxyl groups is 1. The molecular formula is C22H22ClN3O4. The molecule has 2 bridgehead atoms. The average Bonchev–Trinajstić information content (AvgIpc) is 2.75. The molecule has 0 unspecified atom stereocenters. The number of hydrogen-bond acceptors (Lipinski definition) is 4. The number of carbonyl (C=O) groups excluding carboxylic acids is 2. The maximum absolute atomic E-state index is 13.1. The molecule has 4 aliphatic rings. The highest BCUT2D eigenvalue weighted by Gasteiger charge is 2.48. The van der Waals surface area contributed by atoms with Crippen LogP contribution in [0.3, 0.4) is 0 Å². The standard InChI is InChI=1S/C22H22ClN3O4/c23-14-3-1-2-12(8-14)9-24-21(29)16-10-25-11-17-13-4-6-15(7-5-13)26(17)22(30)18(25)20(28)19(16)27/h1-3,8,10,13,15,17,28H,4-7,9,11H2,(H,24,29)/t13-,15+,17-/m0/s1. The van der Waals surface area contributed by atoms with E-state index in [0.717, 1.165) is 31.2 Å². The molecule has 1 aromatic heterocycles. The molecule has 30 heavy (non-hydrogen) atoms. The third-order valence-electron chi connectivity index (χ3n) is 6.70. The summed E-state index contributed by atoms with van der Waals surface area (Å²) in [6.45, 7) is 0.686. The van der Waals surface area contributed by atoms with Crippen molar-refractivity contribution in [1.82, 2.24) is 14.8 Å². The van der Waals surface area contributed by atoms with E-state index >= 15 is 0 Å². The Bertz CT molecular complexity index is 1100. The maximum atomic E-state index is 13.1. The van der Waals surface area contributed by atoms with Gasteiger partial charge in [0.05, 0.1) is 6.04 Å². The monoisotopic (exact) mass is 427 g/mol. The van der Waals surface area contributed by atoms with Crippen LogP contribution in [-0.2, 0) is 13.1 Å². The molecular weight excluding hydrogens is 406 g/mol. The molecule has 1 saturated carbocycles. The summed E-state index contributed by atoms with van der Waals surface area (Å²) in [5.41, 5.74) is -0.198. The first-order valence-electron chi connectivity index (χ1n) is 10.3. The van der Waals surface area contributed by atoms with Crippen molar-refractivity contribution in [3.63, 3.8) is 0 Å². The normalized spacial score (nSPS) is 24.4. The van der Waals surface area contributed by atoms with Crippen LogP contribution in [0.2, 0.25) is 5.02 Å². The van der Waals surface area contributed by atoms with Gasteiger partial charge in [0.2, 0.25) is 5.43 Å². The quantitative estimate of drug-likeness (QED) is 0.787. The second-order valence-electron chi connectivity index (χ2n) is 8.38. The number of amides is 2. The third kappa shape index (κ3) is 2.99. The number of carbonyl (C=O) groups is 2. The highest BCUT2D eigenvalue weighted by molar-refractivity contribution is 6.30. The fourth-order valence-electron chi connectivity index (χ4n) is 5.24. The van der Waals surface area contributed by atoms with Gasteiger partial charge in [0.25, 0.3) is 11.8 Å². The highest BCUT2D eigenvalue weighted by atomic mass is 35.5. The summed E-state index contributed by atoms with van der Waals surface area (Å²) < 4.78 is 1.59. The molecule has 0 radical (unpaired) electrons. The Morgan fingerprint density at radius 3 is 2.70 bits per heavy atom. The molecule has 1 atom stereocenters. The summed E-state index contributed by atoms with van der Waals surface area (Å²) in [4.78, 5) is 40.4. The van der Waals surface area contributed by atoms with Crippen LogP contribution in [0.25, 0.3) is 0 Å². The van der Waals surface area contributed by atoms with Crippen LogP contribution in [0.4, 0.5) is 0 Å². The van der Waals surface area contributed by atoms with Crippen molar-refractivity contribution in [1.29, 1.82) is 0 Å². The molecule has 2 aromatic rings. The summed E-state index contributed by atoms with van der Waals surface area (Å²) in [6.07, 6.45) is 5.55. The topological polar surface area (TPSA) is 91.6 Å². The highest BCUT2D eigenvalue weighted by Crippen LogP contribution is 2.43. The van der Waals surface area contributed by atoms with Crippen molar-refractivity contribution in [2.24, 2.45) is 5.92 Å². The van der Waals surface area contributed by atoms with Gasteiger partial charge in [-0.1, -0.05) is 23.7 Å². The predicted molar refractivity (Wildman–Crippen MR) is 111 cm³/mol. The van der Waals surface area contributed by atoms with Gasteiger partial charge in [-0.25, -0.2) is 0 Å². The molecule has 2 saturated heterocycles. The summed E-state index contributed by atoms with van der Waals surface area (Å²) >= 11 is 5.96. The molecule has 2 N–H and O–H groups in total. The van der Waals surface area contributed by atoms with E-state index < -0.39 is 17.1 Å². The Hall–Kier alpha value is -2.80. The van der Waals surface area contributed by atoms with Crippen LogP contribution < -0.4 is 10.7 Å². The molecule has 6 rings (SSSR count). The average molecular weight is 428 g/mol. The Labute approximate surface area is 178 Å². The largest absolute Gasteiger partial charge is 0.503 e. The van der Waals surface area contributed by atoms with Crippen LogP contribution in [0.5, 0.6) is 5.75 Å². The molecule has 7 nitrogen and oxygen atoms in total. The number of rotatable bonds is 3. The minimum atomic E-state index is -0.821. The summed E-state index contributed by atoms with van der Waals surface area (Å²) in [7, 11) is 0. The van der Waals surface area contributed by atoms with E-state index in [1.54, 1.807) is 22.8 Å². The van der Waals surface area contributed by atoms with Crippen molar-refractivity contribution >= 4 is 23.4 Å². The second kappa shape index (κ2) is 7.16. The Morgan fingerprint density at radius 1 is 1.20 bits per heavy atom. The van der Waals surface area contributed by atoms with E-state index in [9.17, 15) is 19.5 Å². The van der Waals surface area contributed by atoms with Gasteiger partial charge >= 0.3 is 0 Å². The van der Waals surface area contributed by atoms with Gasteiger partial charge in [-0.3, -0.25) is 14.4 Å². The van der Waals surface area contributed by atoms with Crippen molar-refractivity contribution in [2.45, 2.75) is 50.9 Å². The number of aromatic nitrogens is 1. The number of fused-ring (bicyclic) bond motifs is 3. The summed E-state index contributed by atoms with van der Waals surface area (Å²) in [5, 5.41) is 13.8. The SMILES string of the molecule is O=C(NCc1cccc(Cl)c1)c1cn2c(c(O)c1=O)C(=O)N1[C@H]3CC[C@H](CC3)[C@@H]1C2. The van der Waals surface area contributed by atoms with Crippen LogP contribution in [0.15, 0.2) is 35.3 Å². The molecule has 8 heteroatoms. The number of pyridine rings is 1. The molecule has 2 amide bonds. The molecule has 3 aliphatic heterocycles. The van der Waals surface area contributed by atoms with Crippen molar-refractivity contribution in [3.05, 3.63) is 62.5 Å². The molecule has 3 fully saturated rings. The first-order valence-corrected chi connectivity index (χ1v) is 10.6. The zero-order valence-electron chi connectivity index (χ0n) is 16.3. The van der Waals surface area contributed by atoms with Gasteiger partial charge in [0, 0.05) is 30.4 Å². The molecule has 1 aliphatic carbocycles. The molecule has 4 heterocycles. The fourth-order valence-corrected chi connectivity index (χ4v) is 5.46. The first kappa shape index (κ1) is 19.2. The van der Waals surface area contributed by atoms with Gasteiger partial charge in [0.1, 0.15) is 5.56 Å². The van der Waals surface area contributed by atoms with E-state index in [0.29, 0.717) is 17.5 Å². The Kier molecular flexibility index (Phi) is 4.58. The van der Waals surface area contributed by atoms with E-state index in [1.807, 2.05) is 11.0 Å². The second-order valence-corrected chi connectivity index (χ2v) is 8.82. The lowest BCUT2D eigenvalue weighted by atomic mass is 9.73. The molecule has 156 valence electrons. The van der Waals surface area contributed by atoms with Gasteiger partial charge < -0.3 is 19.9 Å². The zero-order valence-corrected chi connectivity index (χ0v) is 17.1. The van der Waals surface area contributed by atoms with Crippen LogP contribution in [0, 0.1) is 5.92 Å². The van der Waals surface area contributed by atoms with Gasteiger partial charge in [0.15, 0.2) is 11.4 Å². The lowest BCUT2D eigenvalue weighted by Crippen LogP contribution is -2.61. The lowest BCUT2D eigenvalue weighted by Gasteiger charge is -2.53. The number of halogens is 1. The van der Waals surface area contributed by atoms with E-state index in [1.165, 1.54) is 6.20 Å². The van der Waals surface area contributed by atoms with Crippen molar-refractivity contribution < 1.29 is 14.7 Å². The summed E-state index contributed by atoms with van der Waals surface area (Å²) in [5.74, 6) is -1.11. The van der Waals surface area contributed by atoms with Crippen molar-refractivity contribution in [3.8, 4) is 5.75 Å². The fraction of sp³-hybridized carbons (Fsp3) is 0.409. The Balaban J connectivity index is 1.45. The van der Waals surface area contributed by atoms with Crippen LogP contribution >= 0.6 is 11.6 Å². The smallest absolute Gasteiger partial charge is 0.275 e. The van der Waals surface area contributed by atoms with Crippen LogP contribution in [-0.4, -0.2) is 38.5 Å². The molecule has 0 spiro atoms. The minimum Gasteiger partial charge on any atom is -0.503 e. The van der Waals surface area contributed by atoms with Crippen LogP contribution in [0.1, 0.15) is 52.1 Å². The molecule has 1 aromatic carbocycles. The number of piperidine rings is 2. The zero-order chi connectivity index (χ0) is 21.0. The predicted octanol–water partition coefficient (Wildman–Crippen LogP) is 2.53. The number of nitrogens with one attached hydrogen (secondary N) is 1. The maximum Gasteiger partial charge on any atom is 0.275 e. The number of nitrogens with zero attached hydrogens (tertiary/aromatic N) is 2. The Morgan fingerprint density at radius 2 is 1.97 bits per heavy atom. The van der Waals surface area contributed by atoms with Gasteiger partial charge in [-0.05, 0) is 49.3 Å². The minimum absolute atomic E-state index is 0.00445. The first-order chi connectivity index (χ1) is 14.4.